The maximum Gasteiger partial charge on any atom is 0.338 e. The summed E-state index contributed by atoms with van der Waals surface area (Å²) in [5, 5.41) is 0. The van der Waals surface area contributed by atoms with Crippen molar-refractivity contribution in [2.75, 3.05) is 61.7 Å². The molecule has 2 heterocycles. The van der Waals surface area contributed by atoms with Crippen molar-refractivity contribution in [3.63, 3.8) is 0 Å². The summed E-state index contributed by atoms with van der Waals surface area (Å²) >= 11 is 0. The molecule has 0 N–H and O–H groups in total. The Labute approximate surface area is 436 Å². The minimum absolute atomic E-state index is 0.0259. The summed E-state index contributed by atoms with van der Waals surface area (Å²) in [6.45, 7) is 4.24. The van der Waals surface area contributed by atoms with E-state index in [-0.39, 0.29) is 50.0 Å². The van der Waals surface area contributed by atoms with E-state index in [1.807, 2.05) is 34.3 Å². The van der Waals surface area contributed by atoms with Crippen molar-refractivity contribution in [2.24, 2.45) is 5.92 Å². The van der Waals surface area contributed by atoms with E-state index in [9.17, 15) is 28.6 Å². The van der Waals surface area contributed by atoms with E-state index in [0.717, 1.165) is 44.9 Å². The predicted octanol–water partition coefficient (Wildman–Crippen LogP) is 12.5. The molecule has 1 unspecified atom stereocenters. The molecule has 2 fully saturated rings. The molecule has 15 heteroatoms. The number of carbonyl (C=O) groups excluding carboxylic acids is 4. The highest BCUT2D eigenvalue weighted by molar-refractivity contribution is 7.45. The Morgan fingerprint density at radius 3 is 1.61 bits per heavy atom. The summed E-state index contributed by atoms with van der Waals surface area (Å²) < 4.78 is 44.4. The van der Waals surface area contributed by atoms with Gasteiger partial charge in [-0.2, -0.15) is 0 Å². The van der Waals surface area contributed by atoms with E-state index in [4.69, 9.17) is 28.0 Å². The van der Waals surface area contributed by atoms with E-state index < -0.39 is 38.5 Å². The van der Waals surface area contributed by atoms with E-state index in [0.29, 0.717) is 35.5 Å². The van der Waals surface area contributed by atoms with Crippen LogP contribution in [-0.4, -0.2) is 119 Å². The number of ether oxygens (including phenoxy) is 4. The molecule has 2 aliphatic heterocycles. The summed E-state index contributed by atoms with van der Waals surface area (Å²) in [7, 11) is 4.60. The number of hydrogen-bond acceptors (Lipinski definition) is 13. The zero-order valence-electron chi connectivity index (χ0n) is 46.3. The smallest absolute Gasteiger partial charge is 0.338 e. The minimum Gasteiger partial charge on any atom is -0.756 e. The van der Waals surface area contributed by atoms with Gasteiger partial charge in [-0.3, -0.25) is 23.8 Å². The summed E-state index contributed by atoms with van der Waals surface area (Å²) in [6.07, 6.45) is 33.4. The first-order valence-corrected chi connectivity index (χ1v) is 29.9. The van der Waals surface area contributed by atoms with Crippen molar-refractivity contribution < 1.29 is 61.1 Å². The van der Waals surface area contributed by atoms with Gasteiger partial charge in [-0.1, -0.05) is 186 Å². The Kier molecular flexibility index (Phi) is 35.8. The second-order valence-corrected chi connectivity index (χ2v) is 22.8. The van der Waals surface area contributed by atoms with E-state index in [2.05, 4.69) is 18.7 Å². The van der Waals surface area contributed by atoms with Crippen LogP contribution in [0.1, 0.15) is 223 Å². The van der Waals surface area contributed by atoms with Crippen molar-refractivity contribution >= 4 is 31.7 Å². The molecule has 1 aromatic carbocycles. The first-order chi connectivity index (χ1) is 34.6. The van der Waals surface area contributed by atoms with Crippen molar-refractivity contribution in [2.45, 2.75) is 237 Å². The quantitative estimate of drug-likeness (QED) is 0.0200. The summed E-state index contributed by atoms with van der Waals surface area (Å²) in [5.74, 6) is -1.89. The number of unbranched alkanes of at least 4 members (excludes halogenated alkanes) is 24. The van der Waals surface area contributed by atoms with Gasteiger partial charge in [0.2, 0.25) is 0 Å². The molecule has 0 saturated carbocycles. The number of carbonyl (C=O) groups is 4. The number of likely N-dealkylation sites (N-methyl/N-ethyl adjacent to an activating group) is 1. The highest BCUT2D eigenvalue weighted by atomic mass is 31.2. The number of hydrogen-bond donors (Lipinski definition) is 0. The Hall–Kier alpha value is -2.87. The number of quaternary nitrogens is 1. The highest BCUT2D eigenvalue weighted by Gasteiger charge is 2.51. The van der Waals surface area contributed by atoms with Crippen LogP contribution in [0.15, 0.2) is 30.3 Å². The first-order valence-electron chi connectivity index (χ1n) is 28.4. The number of nitrogens with zero attached hydrogens (tertiary/aromatic N) is 2. The van der Waals surface area contributed by atoms with E-state index in [1.165, 1.54) is 136 Å². The molecule has 3 rings (SSSR count). The Morgan fingerprint density at radius 2 is 1.14 bits per heavy atom. The molecular weight excluding hydrogens is 936 g/mol. The van der Waals surface area contributed by atoms with Crippen LogP contribution >= 0.6 is 7.82 Å². The molecule has 6 atom stereocenters. The number of rotatable bonds is 41. The number of methoxy groups -OCH3 is 1. The third kappa shape index (κ3) is 31.1. The topological polar surface area (TPSA) is 167 Å². The zero-order valence-corrected chi connectivity index (χ0v) is 47.2. The number of esters is 4. The molecule has 0 aliphatic carbocycles. The second kappa shape index (κ2) is 39.5. The van der Waals surface area contributed by atoms with Crippen LogP contribution in [0.5, 0.6) is 0 Å². The molecule has 0 amide bonds. The van der Waals surface area contributed by atoms with Crippen LogP contribution in [0.25, 0.3) is 0 Å². The number of phosphoric ester groups is 1. The van der Waals surface area contributed by atoms with Gasteiger partial charge in [-0.05, 0) is 44.9 Å². The maximum absolute atomic E-state index is 12.6. The predicted molar refractivity (Wildman–Crippen MR) is 284 cm³/mol. The van der Waals surface area contributed by atoms with Crippen LogP contribution in [0.3, 0.4) is 0 Å². The van der Waals surface area contributed by atoms with Crippen LogP contribution in [-0.2, 0) is 46.9 Å². The van der Waals surface area contributed by atoms with Gasteiger partial charge in [0.1, 0.15) is 31.8 Å². The average molecular weight is 1040 g/mol. The van der Waals surface area contributed by atoms with Gasteiger partial charge in [-0.25, -0.2) is 4.79 Å². The number of phosphoric acid groups is 1. The highest BCUT2D eigenvalue weighted by Crippen LogP contribution is 2.41. The second-order valence-electron chi connectivity index (χ2n) is 21.4. The molecule has 1 aromatic rings. The maximum atomic E-state index is 12.6. The fraction of sp³-hybridized carbons (Fsp3) is 0.825. The molecule has 0 spiro atoms. The molecule has 416 valence electrons. The monoisotopic (exact) mass is 1040 g/mol. The Morgan fingerprint density at radius 1 is 0.667 bits per heavy atom. The molecule has 2 saturated heterocycles. The van der Waals surface area contributed by atoms with Crippen LogP contribution in [0.4, 0.5) is 0 Å². The molecule has 0 aromatic heterocycles. The lowest BCUT2D eigenvalue weighted by Gasteiger charge is -2.40. The van der Waals surface area contributed by atoms with Gasteiger partial charge in [0, 0.05) is 31.3 Å². The standard InChI is InChI=1S/C40H80NO8P.C17H21NO4/c1-6-8-10-12-14-16-18-20-22-24-26-28-30-32-39(42)46-36-38(37-48-50(44,45)47-35-34-41(3,4)5)49-40(43)33-31-29-27-25-23-21-19-17-15-13-11-9-7-2;1-18-12-8-9-13(18)15(17(20)21-2)14(10-12)22-16(19)11-6-4-3-5-7-11/h38H,6-37H2,1-5H3;3-7,12-15H,8-10H2,1-2H3/t38-;12-,13+,14-,15+/m10/s1. The number of benzene rings is 1. The fourth-order valence-corrected chi connectivity index (χ4v) is 10.3. The number of piperidine rings is 1. The summed E-state index contributed by atoms with van der Waals surface area (Å²) in [6, 6.07) is 9.36. The van der Waals surface area contributed by atoms with Crippen LogP contribution in [0, 0.1) is 5.92 Å². The Balaban J connectivity index is 0.000000659. The zero-order chi connectivity index (χ0) is 52.9. The third-order valence-electron chi connectivity index (χ3n) is 14.1. The van der Waals surface area contributed by atoms with Crippen molar-refractivity contribution in [3.05, 3.63) is 35.9 Å². The van der Waals surface area contributed by atoms with Gasteiger partial charge in [0.05, 0.1) is 40.4 Å². The molecule has 2 bridgehead atoms. The third-order valence-corrected chi connectivity index (χ3v) is 15.0. The van der Waals surface area contributed by atoms with Crippen LogP contribution < -0.4 is 4.89 Å². The largest absolute Gasteiger partial charge is 0.756 e. The van der Waals surface area contributed by atoms with E-state index >= 15 is 0 Å². The van der Waals surface area contributed by atoms with Gasteiger partial charge in [0.15, 0.2) is 6.10 Å². The summed E-state index contributed by atoms with van der Waals surface area (Å²) in [5.41, 5.74) is 0.511. The van der Waals surface area contributed by atoms with E-state index in [1.54, 1.807) is 24.3 Å². The van der Waals surface area contributed by atoms with Crippen LogP contribution in [0.2, 0.25) is 0 Å². The molecule has 0 radical (unpaired) electrons. The van der Waals surface area contributed by atoms with Gasteiger partial charge >= 0.3 is 23.9 Å². The molecule has 2 aliphatic rings. The van der Waals surface area contributed by atoms with Crippen molar-refractivity contribution in [3.8, 4) is 0 Å². The SMILES string of the molecule is CCCCCCCCCCCCCCCC(=O)OC[C@H](COP(=O)([O-])OCC[N+](C)(C)C)OC(=O)CCCCCCCCCCCCCCC.COC(=O)[C@H]1[C@@H](OC(=O)c2ccccc2)C[C@@H]2CC[C@H]1N2C. The lowest BCUT2D eigenvalue weighted by atomic mass is 9.87. The molecule has 14 nitrogen and oxygen atoms in total. The summed E-state index contributed by atoms with van der Waals surface area (Å²) in [4.78, 5) is 64.1. The number of fused-ring (bicyclic) bond motifs is 2. The van der Waals surface area contributed by atoms with Crippen molar-refractivity contribution in [1.29, 1.82) is 0 Å². The average Bonchev–Trinajstić information content (AvgIpc) is 3.58. The molecule has 72 heavy (non-hydrogen) atoms. The lowest BCUT2D eigenvalue weighted by molar-refractivity contribution is -0.870. The van der Waals surface area contributed by atoms with Crippen molar-refractivity contribution in [1.82, 2.24) is 4.90 Å². The fourth-order valence-electron chi connectivity index (χ4n) is 9.60. The van der Waals surface area contributed by atoms with Gasteiger partial charge < -0.3 is 37.4 Å². The normalized spacial score (nSPS) is 18.9. The lowest BCUT2D eigenvalue weighted by Crippen LogP contribution is -2.53. The minimum atomic E-state index is -4.61. The molecular formula is C57H101N2O12P. The first kappa shape index (κ1) is 65.2. The van der Waals surface area contributed by atoms with Gasteiger partial charge in [0.25, 0.3) is 7.82 Å². The van der Waals surface area contributed by atoms with Gasteiger partial charge in [-0.15, -0.1) is 0 Å². The Bertz CT molecular complexity index is 1630.